The molecule has 2 heterocycles. The van der Waals surface area contributed by atoms with Gasteiger partial charge in [-0.05, 0) is 23.3 Å². The van der Waals surface area contributed by atoms with Crippen molar-refractivity contribution in [1.82, 2.24) is 14.7 Å². The topological polar surface area (TPSA) is 55.6 Å². The molecule has 0 aliphatic rings. The molecule has 2 aromatic heterocycles. The SMILES string of the molecule is O=C(Cc1cn2ccsc2n1)NCc1cccc(OCc2ccccc2)c1. The lowest BCUT2D eigenvalue weighted by Gasteiger charge is -2.09. The fourth-order valence-electron chi connectivity index (χ4n) is 2.78. The van der Waals surface area contributed by atoms with E-state index < -0.39 is 0 Å². The second-order valence-corrected chi connectivity index (χ2v) is 7.07. The van der Waals surface area contributed by atoms with E-state index in [4.69, 9.17) is 4.74 Å². The molecular formula is C21H19N3O2S. The maximum Gasteiger partial charge on any atom is 0.226 e. The van der Waals surface area contributed by atoms with Gasteiger partial charge in [0.2, 0.25) is 5.91 Å². The Morgan fingerprint density at radius 2 is 1.96 bits per heavy atom. The molecule has 4 rings (SSSR count). The molecule has 2 aromatic carbocycles. The molecule has 0 radical (unpaired) electrons. The summed E-state index contributed by atoms with van der Waals surface area (Å²) in [5.41, 5.74) is 2.90. The molecule has 0 unspecified atom stereocenters. The summed E-state index contributed by atoms with van der Waals surface area (Å²) in [5.74, 6) is 0.747. The van der Waals surface area contributed by atoms with E-state index in [1.165, 1.54) is 0 Å². The minimum Gasteiger partial charge on any atom is -0.489 e. The molecule has 0 aliphatic carbocycles. The molecule has 5 nitrogen and oxygen atoms in total. The van der Waals surface area contributed by atoms with Crippen molar-refractivity contribution in [2.24, 2.45) is 0 Å². The molecule has 0 atom stereocenters. The highest BCUT2D eigenvalue weighted by molar-refractivity contribution is 7.15. The monoisotopic (exact) mass is 377 g/mol. The zero-order valence-electron chi connectivity index (χ0n) is 14.7. The number of rotatable bonds is 7. The molecule has 0 spiro atoms. The molecule has 6 heteroatoms. The predicted molar refractivity (Wildman–Crippen MR) is 106 cm³/mol. The molecule has 0 saturated carbocycles. The number of hydrogen-bond donors (Lipinski definition) is 1. The number of nitrogens with zero attached hydrogens (tertiary/aromatic N) is 2. The molecule has 27 heavy (non-hydrogen) atoms. The van der Waals surface area contributed by atoms with Gasteiger partial charge in [0.05, 0.1) is 12.1 Å². The lowest BCUT2D eigenvalue weighted by molar-refractivity contribution is -0.120. The van der Waals surface area contributed by atoms with E-state index in [0.29, 0.717) is 13.2 Å². The summed E-state index contributed by atoms with van der Waals surface area (Å²) in [6.07, 6.45) is 4.11. The molecule has 4 aromatic rings. The highest BCUT2D eigenvalue weighted by Crippen LogP contribution is 2.15. The van der Waals surface area contributed by atoms with Gasteiger partial charge >= 0.3 is 0 Å². The normalized spacial score (nSPS) is 10.8. The maximum atomic E-state index is 12.2. The fourth-order valence-corrected chi connectivity index (χ4v) is 3.49. The van der Waals surface area contributed by atoms with Gasteiger partial charge in [0.1, 0.15) is 12.4 Å². The molecule has 0 saturated heterocycles. The van der Waals surface area contributed by atoms with Gasteiger partial charge in [-0.15, -0.1) is 11.3 Å². The van der Waals surface area contributed by atoms with E-state index in [1.54, 1.807) is 11.3 Å². The van der Waals surface area contributed by atoms with Crippen molar-refractivity contribution >= 4 is 22.2 Å². The molecule has 136 valence electrons. The Bertz CT molecular complexity index is 1010. The lowest BCUT2D eigenvalue weighted by atomic mass is 10.2. The number of carbonyl (C=O) groups excluding carboxylic acids is 1. The van der Waals surface area contributed by atoms with Crippen LogP contribution in [0.4, 0.5) is 0 Å². The van der Waals surface area contributed by atoms with Crippen LogP contribution in [0.15, 0.2) is 72.4 Å². The quantitative estimate of drug-likeness (QED) is 0.532. The fraction of sp³-hybridized carbons (Fsp3) is 0.143. The van der Waals surface area contributed by atoms with Crippen molar-refractivity contribution in [3.8, 4) is 5.75 Å². The first-order chi connectivity index (χ1) is 13.3. The van der Waals surface area contributed by atoms with Gasteiger partial charge in [0.25, 0.3) is 0 Å². The molecule has 0 aliphatic heterocycles. The van der Waals surface area contributed by atoms with Crippen LogP contribution in [0.3, 0.4) is 0 Å². The minimum absolute atomic E-state index is 0.0450. The van der Waals surface area contributed by atoms with Gasteiger partial charge < -0.3 is 10.1 Å². The Balaban J connectivity index is 1.30. The summed E-state index contributed by atoms with van der Waals surface area (Å²) >= 11 is 1.56. The van der Waals surface area contributed by atoms with Crippen LogP contribution in [0.25, 0.3) is 4.96 Å². The Morgan fingerprint density at radius 3 is 2.81 bits per heavy atom. The van der Waals surface area contributed by atoms with Gasteiger partial charge in [-0.25, -0.2) is 4.98 Å². The number of thiazole rings is 1. The Hall–Kier alpha value is -3.12. The average molecular weight is 377 g/mol. The largest absolute Gasteiger partial charge is 0.489 e. The van der Waals surface area contributed by atoms with Crippen LogP contribution >= 0.6 is 11.3 Å². The number of fused-ring (bicyclic) bond motifs is 1. The molecular weight excluding hydrogens is 358 g/mol. The van der Waals surface area contributed by atoms with E-state index in [-0.39, 0.29) is 12.3 Å². The van der Waals surface area contributed by atoms with Crippen molar-refractivity contribution in [1.29, 1.82) is 0 Å². The number of carbonyl (C=O) groups is 1. The number of amides is 1. The number of benzene rings is 2. The van der Waals surface area contributed by atoms with E-state index >= 15 is 0 Å². The first-order valence-corrected chi connectivity index (χ1v) is 9.58. The van der Waals surface area contributed by atoms with Crippen LogP contribution in [0.5, 0.6) is 5.75 Å². The van der Waals surface area contributed by atoms with Gasteiger partial charge in [-0.2, -0.15) is 0 Å². The van der Waals surface area contributed by atoms with Crippen molar-refractivity contribution in [3.05, 3.63) is 89.2 Å². The number of ether oxygens (including phenoxy) is 1. The van der Waals surface area contributed by atoms with Crippen LogP contribution in [0.1, 0.15) is 16.8 Å². The molecule has 1 N–H and O–H groups in total. The van der Waals surface area contributed by atoms with Crippen LogP contribution in [0.2, 0.25) is 0 Å². The Labute approximate surface area is 161 Å². The number of aromatic nitrogens is 2. The molecule has 0 fully saturated rings. The standard InChI is InChI=1S/C21H19N3O2S/c25-20(12-18-14-24-9-10-27-21(24)23-18)22-13-17-7-4-8-19(11-17)26-15-16-5-2-1-3-6-16/h1-11,14H,12-13,15H2,(H,22,25). The summed E-state index contributed by atoms with van der Waals surface area (Å²) in [6, 6.07) is 17.8. The first-order valence-electron chi connectivity index (χ1n) is 8.70. The first kappa shape index (κ1) is 17.3. The van der Waals surface area contributed by atoms with E-state index in [0.717, 1.165) is 27.5 Å². The zero-order chi connectivity index (χ0) is 18.5. The summed E-state index contributed by atoms with van der Waals surface area (Å²) in [4.78, 5) is 17.5. The smallest absolute Gasteiger partial charge is 0.226 e. The van der Waals surface area contributed by atoms with Crippen LogP contribution in [-0.4, -0.2) is 15.3 Å². The van der Waals surface area contributed by atoms with Crippen LogP contribution in [-0.2, 0) is 24.4 Å². The summed E-state index contributed by atoms with van der Waals surface area (Å²) in [6.45, 7) is 0.984. The summed E-state index contributed by atoms with van der Waals surface area (Å²) < 4.78 is 7.77. The highest BCUT2D eigenvalue weighted by atomic mass is 32.1. The van der Waals surface area contributed by atoms with Crippen LogP contribution < -0.4 is 10.1 Å². The van der Waals surface area contributed by atoms with Crippen molar-refractivity contribution in [3.63, 3.8) is 0 Å². The Kier molecular flexibility index (Phi) is 5.16. The molecule has 1 amide bonds. The van der Waals surface area contributed by atoms with Gasteiger partial charge in [0, 0.05) is 24.3 Å². The third kappa shape index (κ3) is 4.54. The highest BCUT2D eigenvalue weighted by Gasteiger charge is 2.08. The van der Waals surface area contributed by atoms with E-state index in [1.807, 2.05) is 76.8 Å². The number of imidazole rings is 1. The second kappa shape index (κ2) is 8.05. The summed E-state index contributed by atoms with van der Waals surface area (Å²) in [5, 5.41) is 4.92. The third-order valence-corrected chi connectivity index (χ3v) is 4.89. The average Bonchev–Trinajstić information content (AvgIpc) is 3.28. The third-order valence-electron chi connectivity index (χ3n) is 4.12. The van der Waals surface area contributed by atoms with Crippen molar-refractivity contribution < 1.29 is 9.53 Å². The zero-order valence-corrected chi connectivity index (χ0v) is 15.5. The minimum atomic E-state index is -0.0450. The Morgan fingerprint density at radius 1 is 1.11 bits per heavy atom. The van der Waals surface area contributed by atoms with Gasteiger partial charge in [-0.1, -0.05) is 42.5 Å². The lowest BCUT2D eigenvalue weighted by Crippen LogP contribution is -2.24. The van der Waals surface area contributed by atoms with Crippen molar-refractivity contribution in [2.45, 2.75) is 19.6 Å². The number of nitrogens with one attached hydrogen (secondary N) is 1. The molecule has 0 bridgehead atoms. The maximum absolute atomic E-state index is 12.2. The number of hydrogen-bond acceptors (Lipinski definition) is 4. The predicted octanol–water partition coefficient (Wildman–Crippen LogP) is 3.83. The van der Waals surface area contributed by atoms with Gasteiger partial charge in [0.15, 0.2) is 4.96 Å². The van der Waals surface area contributed by atoms with Gasteiger partial charge in [-0.3, -0.25) is 9.20 Å². The summed E-state index contributed by atoms with van der Waals surface area (Å²) in [7, 11) is 0. The van der Waals surface area contributed by atoms with Crippen molar-refractivity contribution in [2.75, 3.05) is 0 Å². The van der Waals surface area contributed by atoms with E-state index in [9.17, 15) is 4.79 Å². The second-order valence-electron chi connectivity index (χ2n) is 6.20. The van der Waals surface area contributed by atoms with Crippen LogP contribution in [0, 0.1) is 0 Å². The van der Waals surface area contributed by atoms with E-state index in [2.05, 4.69) is 10.3 Å².